The second kappa shape index (κ2) is 7.32. The molecule has 142 valence electrons. The lowest BCUT2D eigenvalue weighted by Crippen LogP contribution is -2.14. The van der Waals surface area contributed by atoms with Crippen molar-refractivity contribution < 1.29 is 14.6 Å². The van der Waals surface area contributed by atoms with Crippen LogP contribution in [0, 0.1) is 0 Å². The summed E-state index contributed by atoms with van der Waals surface area (Å²) in [6.07, 6.45) is 0.217. The molecule has 0 saturated heterocycles. The van der Waals surface area contributed by atoms with Gasteiger partial charge in [0.2, 0.25) is 0 Å². The maximum atomic E-state index is 13.0. The predicted molar refractivity (Wildman–Crippen MR) is 116 cm³/mol. The Bertz CT molecular complexity index is 1200. The van der Waals surface area contributed by atoms with Crippen LogP contribution < -0.4 is 0 Å². The van der Waals surface area contributed by atoms with E-state index in [1.54, 1.807) is 17.6 Å². The zero-order chi connectivity index (χ0) is 19.8. The summed E-state index contributed by atoms with van der Waals surface area (Å²) < 4.78 is 7.91. The molecule has 3 aromatic carbocycles. The maximum absolute atomic E-state index is 13.0. The topological polar surface area (TPSA) is 51.5 Å². The fourth-order valence-electron chi connectivity index (χ4n) is 3.83. The van der Waals surface area contributed by atoms with E-state index in [0.29, 0.717) is 6.42 Å². The fourth-order valence-corrected chi connectivity index (χ4v) is 4.19. The third kappa shape index (κ3) is 2.87. The molecular formula is C23H20BrNO3. The number of phenolic OH excluding ortho intramolecular Hbond substituents is 1. The first-order valence-corrected chi connectivity index (χ1v) is 10.1. The molecule has 28 heavy (non-hydrogen) atoms. The fraction of sp³-hybridized carbons (Fsp3) is 0.174. The lowest BCUT2D eigenvalue weighted by atomic mass is 9.94. The predicted octanol–water partition coefficient (Wildman–Crippen LogP) is 6.50. The van der Waals surface area contributed by atoms with Gasteiger partial charge in [0.05, 0.1) is 17.6 Å². The molecule has 0 saturated carbocycles. The van der Waals surface area contributed by atoms with E-state index in [9.17, 15) is 9.90 Å². The number of phenols is 1. The summed E-state index contributed by atoms with van der Waals surface area (Å²) in [5, 5.41) is 12.5. The number of ether oxygens (including phenoxy) is 1. The van der Waals surface area contributed by atoms with Crippen molar-refractivity contribution in [1.82, 2.24) is 4.57 Å². The smallest absolute Gasteiger partial charge is 0.418 e. The van der Waals surface area contributed by atoms with E-state index < -0.39 is 6.09 Å². The Morgan fingerprint density at radius 1 is 1.07 bits per heavy atom. The molecule has 1 heterocycles. The van der Waals surface area contributed by atoms with Crippen molar-refractivity contribution in [3.8, 4) is 16.9 Å². The molecule has 4 rings (SSSR count). The number of carbonyl (C=O) groups excluding carboxylic acids is 1. The van der Waals surface area contributed by atoms with Crippen LogP contribution in [0.3, 0.4) is 0 Å². The third-order valence-electron chi connectivity index (χ3n) is 4.96. The van der Waals surface area contributed by atoms with Crippen molar-refractivity contribution in [2.75, 3.05) is 6.61 Å². The summed E-state index contributed by atoms with van der Waals surface area (Å²) in [7, 11) is 0. The zero-order valence-corrected chi connectivity index (χ0v) is 17.3. The number of fused-ring (bicyclic) bond motifs is 3. The summed E-state index contributed by atoms with van der Waals surface area (Å²) in [4.78, 5) is 13.0. The van der Waals surface area contributed by atoms with E-state index in [1.807, 2.05) is 55.5 Å². The van der Waals surface area contributed by atoms with Crippen molar-refractivity contribution >= 4 is 43.8 Å². The minimum absolute atomic E-state index is 0.233. The highest BCUT2D eigenvalue weighted by molar-refractivity contribution is 9.10. The minimum Gasteiger partial charge on any atom is -0.508 e. The van der Waals surface area contributed by atoms with Gasteiger partial charge in [0, 0.05) is 26.4 Å². The quantitative estimate of drug-likeness (QED) is 0.398. The minimum atomic E-state index is -0.422. The number of carbonyl (C=O) groups is 1. The number of benzene rings is 3. The number of hydrogen-bond acceptors (Lipinski definition) is 3. The van der Waals surface area contributed by atoms with Gasteiger partial charge in [-0.3, -0.25) is 0 Å². The maximum Gasteiger partial charge on any atom is 0.418 e. The number of halogens is 1. The normalized spacial score (nSPS) is 11.2. The first kappa shape index (κ1) is 18.6. The molecule has 0 spiro atoms. The highest BCUT2D eigenvalue weighted by Crippen LogP contribution is 2.43. The molecule has 0 bridgehead atoms. The molecule has 4 nitrogen and oxygen atoms in total. The first-order valence-electron chi connectivity index (χ1n) is 9.27. The molecule has 0 fully saturated rings. The molecule has 0 unspecified atom stereocenters. The van der Waals surface area contributed by atoms with E-state index in [0.717, 1.165) is 43.0 Å². The van der Waals surface area contributed by atoms with Crippen LogP contribution in [0.1, 0.15) is 19.4 Å². The third-order valence-corrected chi connectivity index (χ3v) is 5.46. The van der Waals surface area contributed by atoms with Gasteiger partial charge in [0.15, 0.2) is 0 Å². The van der Waals surface area contributed by atoms with Crippen molar-refractivity contribution in [2.45, 2.75) is 20.3 Å². The van der Waals surface area contributed by atoms with E-state index in [1.165, 1.54) is 0 Å². The Kier molecular flexibility index (Phi) is 4.85. The molecule has 4 aromatic rings. The average Bonchev–Trinajstić information content (AvgIpc) is 3.01. The summed E-state index contributed by atoms with van der Waals surface area (Å²) in [6, 6.07) is 17.4. The molecular weight excluding hydrogens is 418 g/mol. The van der Waals surface area contributed by atoms with Gasteiger partial charge in [-0.1, -0.05) is 53.2 Å². The van der Waals surface area contributed by atoms with Crippen LogP contribution in [0.4, 0.5) is 4.79 Å². The molecule has 0 aliphatic carbocycles. The molecule has 0 amide bonds. The van der Waals surface area contributed by atoms with Crippen LogP contribution in [-0.2, 0) is 11.2 Å². The molecule has 5 heteroatoms. The van der Waals surface area contributed by atoms with Crippen molar-refractivity contribution in [3.63, 3.8) is 0 Å². The summed E-state index contributed by atoms with van der Waals surface area (Å²) in [6.45, 7) is 4.08. The lowest BCUT2D eigenvalue weighted by Gasteiger charge is -2.15. The van der Waals surface area contributed by atoms with Crippen molar-refractivity contribution in [3.05, 3.63) is 64.6 Å². The first-order chi connectivity index (χ1) is 13.6. The van der Waals surface area contributed by atoms with Crippen LogP contribution in [-0.4, -0.2) is 22.4 Å². The van der Waals surface area contributed by atoms with Crippen LogP contribution in [0.25, 0.3) is 32.9 Å². The molecule has 1 N–H and O–H groups in total. The number of rotatable bonds is 3. The SMILES string of the molecule is CCOC(=O)n1c2ccc(Br)cc2c2cc(O)c(CC)c(-c3ccccc3)c21. The molecule has 0 aliphatic rings. The lowest BCUT2D eigenvalue weighted by molar-refractivity contribution is 0.156. The van der Waals surface area contributed by atoms with Crippen molar-refractivity contribution in [2.24, 2.45) is 0 Å². The Hall–Kier alpha value is -2.79. The van der Waals surface area contributed by atoms with E-state index in [-0.39, 0.29) is 12.4 Å². The average molecular weight is 438 g/mol. The second-order valence-corrected chi connectivity index (χ2v) is 7.48. The van der Waals surface area contributed by atoms with E-state index in [4.69, 9.17) is 4.74 Å². The number of aromatic hydroxyl groups is 1. The van der Waals surface area contributed by atoms with Crippen LogP contribution in [0.15, 0.2) is 59.1 Å². The molecule has 0 atom stereocenters. The van der Waals surface area contributed by atoms with Gasteiger partial charge >= 0.3 is 6.09 Å². The highest BCUT2D eigenvalue weighted by Gasteiger charge is 2.24. The van der Waals surface area contributed by atoms with Crippen LogP contribution >= 0.6 is 15.9 Å². The van der Waals surface area contributed by atoms with Crippen LogP contribution in [0.5, 0.6) is 5.75 Å². The second-order valence-electron chi connectivity index (χ2n) is 6.56. The Labute approximate surface area is 171 Å². The van der Waals surface area contributed by atoms with Gasteiger partial charge in [-0.2, -0.15) is 0 Å². The van der Waals surface area contributed by atoms with E-state index in [2.05, 4.69) is 15.9 Å². The van der Waals surface area contributed by atoms with Gasteiger partial charge in [0.25, 0.3) is 0 Å². The van der Waals surface area contributed by atoms with Gasteiger partial charge in [-0.15, -0.1) is 0 Å². The monoisotopic (exact) mass is 437 g/mol. The Morgan fingerprint density at radius 3 is 2.50 bits per heavy atom. The zero-order valence-electron chi connectivity index (χ0n) is 15.7. The standard InChI is InChI=1S/C23H20BrNO3/c1-3-16-20(26)13-18-17-12-15(24)10-11-19(17)25(23(27)28-4-2)22(18)21(16)14-8-6-5-7-9-14/h5-13,26H,3-4H2,1-2H3. The number of nitrogens with zero attached hydrogens (tertiary/aromatic N) is 1. The molecule has 0 aliphatic heterocycles. The molecule has 1 aromatic heterocycles. The largest absolute Gasteiger partial charge is 0.508 e. The molecule has 0 radical (unpaired) electrons. The summed E-state index contributed by atoms with van der Waals surface area (Å²) >= 11 is 3.52. The van der Waals surface area contributed by atoms with Crippen molar-refractivity contribution in [1.29, 1.82) is 0 Å². The van der Waals surface area contributed by atoms with E-state index >= 15 is 0 Å². The number of hydrogen-bond donors (Lipinski definition) is 1. The highest BCUT2D eigenvalue weighted by atomic mass is 79.9. The Morgan fingerprint density at radius 2 is 1.82 bits per heavy atom. The Balaban J connectivity index is 2.26. The van der Waals surface area contributed by atoms with Gasteiger partial charge in [0.1, 0.15) is 5.75 Å². The van der Waals surface area contributed by atoms with Gasteiger partial charge < -0.3 is 9.84 Å². The summed E-state index contributed by atoms with van der Waals surface area (Å²) in [5.41, 5.74) is 4.13. The van der Waals surface area contributed by atoms with Gasteiger partial charge in [-0.05, 0) is 43.2 Å². The number of aromatic nitrogens is 1. The van der Waals surface area contributed by atoms with Crippen LogP contribution in [0.2, 0.25) is 0 Å². The summed E-state index contributed by atoms with van der Waals surface area (Å²) in [5.74, 6) is 0.233. The van der Waals surface area contributed by atoms with Gasteiger partial charge in [-0.25, -0.2) is 9.36 Å².